The minimum Gasteiger partial charge on any atom is -0.497 e. The summed E-state index contributed by atoms with van der Waals surface area (Å²) in [5.74, 6) is 0.765. The Morgan fingerprint density at radius 3 is 3.00 bits per heavy atom. The Kier molecular flexibility index (Phi) is 4.80. The predicted octanol–water partition coefficient (Wildman–Crippen LogP) is 1.91. The van der Waals surface area contributed by atoms with Crippen molar-refractivity contribution in [3.8, 4) is 5.75 Å². The highest BCUT2D eigenvalue weighted by atomic mass is 16.5. The third-order valence-corrected chi connectivity index (χ3v) is 3.57. The summed E-state index contributed by atoms with van der Waals surface area (Å²) in [6, 6.07) is 7.73. The lowest BCUT2D eigenvalue weighted by atomic mass is 10.0. The molecule has 1 fully saturated rings. The number of piperidine rings is 1. The van der Waals surface area contributed by atoms with Crippen LogP contribution >= 0.6 is 0 Å². The van der Waals surface area contributed by atoms with E-state index in [-0.39, 0.29) is 5.91 Å². The van der Waals surface area contributed by atoms with Crippen molar-refractivity contribution in [3.63, 3.8) is 0 Å². The zero-order valence-corrected chi connectivity index (χ0v) is 11.7. The summed E-state index contributed by atoms with van der Waals surface area (Å²) >= 11 is 0. The minimum absolute atomic E-state index is 0.0475. The predicted molar refractivity (Wildman–Crippen MR) is 75.6 cm³/mol. The molecule has 0 saturated carbocycles. The fourth-order valence-electron chi connectivity index (χ4n) is 2.47. The maximum absolute atomic E-state index is 12.3. The Morgan fingerprint density at radius 1 is 1.47 bits per heavy atom. The first-order valence-corrected chi connectivity index (χ1v) is 6.83. The summed E-state index contributed by atoms with van der Waals surface area (Å²) in [7, 11) is 3.47. The van der Waals surface area contributed by atoms with Crippen molar-refractivity contribution in [2.75, 3.05) is 27.2 Å². The lowest BCUT2D eigenvalue weighted by Gasteiger charge is -2.28. The molecule has 2 rings (SSSR count). The highest BCUT2D eigenvalue weighted by Crippen LogP contribution is 2.15. The molecule has 1 aliphatic heterocycles. The molecular formula is C15H22N2O2. The molecule has 1 atom stereocenters. The smallest absolute Gasteiger partial charge is 0.253 e. The lowest BCUT2D eigenvalue weighted by molar-refractivity contribution is 0.0775. The lowest BCUT2D eigenvalue weighted by Crippen LogP contribution is -2.44. The van der Waals surface area contributed by atoms with E-state index < -0.39 is 0 Å². The van der Waals surface area contributed by atoms with Gasteiger partial charge in [0.25, 0.3) is 5.91 Å². The van der Waals surface area contributed by atoms with E-state index in [1.165, 1.54) is 12.8 Å². The molecule has 1 aromatic carbocycles. The normalized spacial score (nSPS) is 18.9. The van der Waals surface area contributed by atoms with Crippen LogP contribution in [0.15, 0.2) is 24.3 Å². The van der Waals surface area contributed by atoms with Gasteiger partial charge in [0.15, 0.2) is 0 Å². The number of carbonyl (C=O) groups excluding carboxylic acids is 1. The maximum atomic E-state index is 12.3. The molecule has 0 bridgehead atoms. The zero-order valence-electron chi connectivity index (χ0n) is 11.7. The molecule has 0 aromatic heterocycles. The molecule has 0 spiro atoms. The number of nitrogens with one attached hydrogen (secondary N) is 1. The SMILES string of the molecule is COc1cccc(C(=O)N(C)CC2CCCCN2)c1. The number of carbonyl (C=O) groups is 1. The quantitative estimate of drug-likeness (QED) is 0.901. The van der Waals surface area contributed by atoms with Gasteiger partial charge in [-0.3, -0.25) is 4.79 Å². The monoisotopic (exact) mass is 262 g/mol. The standard InChI is InChI=1S/C15H22N2O2/c1-17(11-13-7-3-4-9-16-13)15(18)12-6-5-8-14(10-12)19-2/h5-6,8,10,13,16H,3-4,7,9,11H2,1-2H3. The Balaban J connectivity index is 1.97. The number of methoxy groups -OCH3 is 1. The van der Waals surface area contributed by atoms with Gasteiger partial charge in [-0.1, -0.05) is 12.5 Å². The number of likely N-dealkylation sites (N-methyl/N-ethyl adjacent to an activating group) is 1. The van der Waals surface area contributed by atoms with Gasteiger partial charge in [0, 0.05) is 25.2 Å². The summed E-state index contributed by atoms with van der Waals surface area (Å²) in [5.41, 5.74) is 0.678. The summed E-state index contributed by atoms with van der Waals surface area (Å²) in [6.45, 7) is 1.82. The topological polar surface area (TPSA) is 41.6 Å². The van der Waals surface area contributed by atoms with Gasteiger partial charge in [0.1, 0.15) is 5.75 Å². The van der Waals surface area contributed by atoms with Crippen molar-refractivity contribution in [1.82, 2.24) is 10.2 Å². The van der Waals surface area contributed by atoms with Crippen LogP contribution < -0.4 is 10.1 Å². The van der Waals surface area contributed by atoms with Crippen molar-refractivity contribution in [2.24, 2.45) is 0 Å². The molecule has 19 heavy (non-hydrogen) atoms. The summed E-state index contributed by atoms with van der Waals surface area (Å²) in [4.78, 5) is 14.1. The highest BCUT2D eigenvalue weighted by molar-refractivity contribution is 5.94. The third-order valence-electron chi connectivity index (χ3n) is 3.57. The second-order valence-corrected chi connectivity index (χ2v) is 5.06. The first-order chi connectivity index (χ1) is 9.20. The van der Waals surface area contributed by atoms with Crippen LogP contribution in [0.5, 0.6) is 5.75 Å². The van der Waals surface area contributed by atoms with E-state index >= 15 is 0 Å². The number of ether oxygens (including phenoxy) is 1. The van der Waals surface area contributed by atoms with Crippen LogP contribution in [0.25, 0.3) is 0 Å². The van der Waals surface area contributed by atoms with Gasteiger partial charge in [-0.15, -0.1) is 0 Å². The largest absolute Gasteiger partial charge is 0.497 e. The number of hydrogen-bond acceptors (Lipinski definition) is 3. The van der Waals surface area contributed by atoms with Gasteiger partial charge in [-0.25, -0.2) is 0 Å². The molecule has 1 unspecified atom stereocenters. The minimum atomic E-state index is 0.0475. The van der Waals surface area contributed by atoms with E-state index in [0.717, 1.165) is 25.3 Å². The molecule has 104 valence electrons. The Bertz CT molecular complexity index is 428. The molecule has 1 N–H and O–H groups in total. The van der Waals surface area contributed by atoms with E-state index in [9.17, 15) is 4.79 Å². The molecular weight excluding hydrogens is 240 g/mol. The second-order valence-electron chi connectivity index (χ2n) is 5.06. The zero-order chi connectivity index (χ0) is 13.7. The molecule has 0 radical (unpaired) electrons. The maximum Gasteiger partial charge on any atom is 0.253 e. The molecule has 1 aromatic rings. The number of nitrogens with zero attached hydrogens (tertiary/aromatic N) is 1. The molecule has 1 amide bonds. The van der Waals surface area contributed by atoms with Crippen molar-refractivity contribution >= 4 is 5.91 Å². The van der Waals surface area contributed by atoms with E-state index in [0.29, 0.717) is 11.6 Å². The van der Waals surface area contributed by atoms with Crippen molar-refractivity contribution in [1.29, 1.82) is 0 Å². The first-order valence-electron chi connectivity index (χ1n) is 6.83. The van der Waals surface area contributed by atoms with Gasteiger partial charge in [0.05, 0.1) is 7.11 Å². The molecule has 0 aliphatic carbocycles. The van der Waals surface area contributed by atoms with Gasteiger partial charge >= 0.3 is 0 Å². The van der Waals surface area contributed by atoms with Gasteiger partial charge in [0.2, 0.25) is 0 Å². The number of rotatable bonds is 4. The van der Waals surface area contributed by atoms with Gasteiger partial charge in [-0.05, 0) is 37.6 Å². The summed E-state index contributed by atoms with van der Waals surface area (Å²) in [5, 5.41) is 3.46. The summed E-state index contributed by atoms with van der Waals surface area (Å²) < 4.78 is 5.15. The highest BCUT2D eigenvalue weighted by Gasteiger charge is 2.18. The molecule has 1 heterocycles. The van der Waals surface area contributed by atoms with Crippen LogP contribution in [0.1, 0.15) is 29.6 Å². The molecule has 4 nitrogen and oxygen atoms in total. The Morgan fingerprint density at radius 2 is 2.32 bits per heavy atom. The Hall–Kier alpha value is -1.55. The average Bonchev–Trinajstić information content (AvgIpc) is 2.47. The number of amides is 1. The van der Waals surface area contributed by atoms with Crippen molar-refractivity contribution in [2.45, 2.75) is 25.3 Å². The van der Waals surface area contributed by atoms with Crippen LogP contribution in [-0.2, 0) is 0 Å². The molecule has 1 aliphatic rings. The van der Waals surface area contributed by atoms with Crippen LogP contribution in [0, 0.1) is 0 Å². The average molecular weight is 262 g/mol. The van der Waals surface area contributed by atoms with Crippen molar-refractivity contribution in [3.05, 3.63) is 29.8 Å². The van der Waals surface area contributed by atoms with E-state index in [4.69, 9.17) is 4.74 Å². The van der Waals surface area contributed by atoms with Gasteiger partial charge in [-0.2, -0.15) is 0 Å². The van der Waals surface area contributed by atoms with E-state index in [2.05, 4.69) is 5.32 Å². The molecule has 4 heteroatoms. The van der Waals surface area contributed by atoms with Crippen LogP contribution in [0.3, 0.4) is 0 Å². The van der Waals surface area contributed by atoms with Gasteiger partial charge < -0.3 is 15.0 Å². The van der Waals surface area contributed by atoms with E-state index in [1.54, 1.807) is 18.1 Å². The number of hydrogen-bond donors (Lipinski definition) is 1. The second kappa shape index (κ2) is 6.57. The van der Waals surface area contributed by atoms with Crippen LogP contribution in [0.2, 0.25) is 0 Å². The Labute approximate surface area is 114 Å². The van der Waals surface area contributed by atoms with Crippen LogP contribution in [0.4, 0.5) is 0 Å². The number of benzene rings is 1. The van der Waals surface area contributed by atoms with E-state index in [1.807, 2.05) is 25.2 Å². The van der Waals surface area contributed by atoms with Crippen molar-refractivity contribution < 1.29 is 9.53 Å². The first kappa shape index (κ1) is 13.9. The fraction of sp³-hybridized carbons (Fsp3) is 0.533. The summed E-state index contributed by atoms with van der Waals surface area (Å²) in [6.07, 6.45) is 3.64. The third kappa shape index (κ3) is 3.70. The fourth-order valence-corrected chi connectivity index (χ4v) is 2.47. The molecule has 1 saturated heterocycles. The van der Waals surface area contributed by atoms with Crippen LogP contribution in [-0.4, -0.2) is 44.1 Å².